The van der Waals surface area contributed by atoms with Crippen molar-refractivity contribution in [2.45, 2.75) is 19.4 Å². The molecule has 1 aromatic carbocycles. The normalized spacial score (nSPS) is 16.3. The van der Waals surface area contributed by atoms with Gasteiger partial charge < -0.3 is 4.74 Å². The first-order chi connectivity index (χ1) is 9.24. The fraction of sp³-hybridized carbons (Fsp3) is 0.429. The number of nitrogens with one attached hydrogen (secondary N) is 1. The van der Waals surface area contributed by atoms with Gasteiger partial charge in [-0.15, -0.1) is 0 Å². The number of carbonyl (C=O) groups is 2. The first-order valence-electron chi connectivity index (χ1n) is 6.44. The van der Waals surface area contributed by atoms with E-state index < -0.39 is 0 Å². The van der Waals surface area contributed by atoms with E-state index in [1.54, 1.807) is 0 Å². The highest BCUT2D eigenvalue weighted by molar-refractivity contribution is 5.79. The van der Waals surface area contributed by atoms with Crippen molar-refractivity contribution in [2.75, 3.05) is 19.6 Å². The molecule has 0 saturated carbocycles. The number of Topliss-reactive ketones (excluding diaryl/α,β-unsaturated/α-hetero) is 1. The maximum absolute atomic E-state index is 11.5. The van der Waals surface area contributed by atoms with Crippen LogP contribution >= 0.6 is 0 Å². The smallest absolute Gasteiger partial charge is 0.321 e. The molecule has 0 radical (unpaired) electrons. The van der Waals surface area contributed by atoms with Crippen molar-refractivity contribution >= 4 is 11.8 Å². The number of piperidine rings is 1. The van der Waals surface area contributed by atoms with Gasteiger partial charge in [0.15, 0.2) is 0 Å². The molecule has 0 atom stereocenters. The molecule has 1 fully saturated rings. The van der Waals surface area contributed by atoms with Gasteiger partial charge in [0, 0.05) is 25.9 Å². The zero-order chi connectivity index (χ0) is 13.5. The summed E-state index contributed by atoms with van der Waals surface area (Å²) in [7, 11) is 0. The maximum atomic E-state index is 11.5. The van der Waals surface area contributed by atoms with E-state index in [4.69, 9.17) is 4.74 Å². The zero-order valence-electron chi connectivity index (χ0n) is 10.8. The lowest BCUT2D eigenvalue weighted by atomic mass is 10.1. The predicted molar refractivity (Wildman–Crippen MR) is 70.1 cm³/mol. The van der Waals surface area contributed by atoms with Crippen LogP contribution in [-0.2, 0) is 20.9 Å². The minimum atomic E-state index is -0.291. The van der Waals surface area contributed by atoms with E-state index in [9.17, 15) is 9.59 Å². The zero-order valence-corrected chi connectivity index (χ0v) is 10.8. The number of benzene rings is 1. The van der Waals surface area contributed by atoms with Crippen molar-refractivity contribution in [3.8, 4) is 0 Å². The van der Waals surface area contributed by atoms with Gasteiger partial charge in [-0.2, -0.15) is 0 Å². The van der Waals surface area contributed by atoms with Crippen LogP contribution in [-0.4, -0.2) is 36.4 Å². The van der Waals surface area contributed by atoms with E-state index in [1.165, 1.54) is 0 Å². The van der Waals surface area contributed by atoms with Crippen LogP contribution in [0.3, 0.4) is 0 Å². The van der Waals surface area contributed by atoms with Crippen molar-refractivity contribution < 1.29 is 14.3 Å². The molecule has 0 bridgehead atoms. The molecule has 0 unspecified atom stereocenters. The van der Waals surface area contributed by atoms with Crippen molar-refractivity contribution in [2.24, 2.45) is 0 Å². The molecule has 2 rings (SSSR count). The molecule has 5 heteroatoms. The van der Waals surface area contributed by atoms with Gasteiger partial charge in [0.05, 0.1) is 0 Å². The molecule has 0 aliphatic carbocycles. The monoisotopic (exact) mass is 262 g/mol. The molecule has 1 aromatic rings. The van der Waals surface area contributed by atoms with Crippen molar-refractivity contribution in [3.05, 3.63) is 35.9 Å². The van der Waals surface area contributed by atoms with Crippen LogP contribution in [0.5, 0.6) is 0 Å². The summed E-state index contributed by atoms with van der Waals surface area (Å²) < 4.78 is 5.15. The average molecular weight is 262 g/mol. The number of ether oxygens (including phenoxy) is 1. The summed E-state index contributed by atoms with van der Waals surface area (Å²) in [5, 5.41) is 1.89. The predicted octanol–water partition coefficient (Wildman–Crippen LogP) is 0.899. The Morgan fingerprint density at radius 2 is 1.89 bits per heavy atom. The number of hydrogen-bond acceptors (Lipinski definition) is 5. The van der Waals surface area contributed by atoms with Crippen LogP contribution < -0.4 is 5.43 Å². The number of rotatable bonds is 5. The summed E-state index contributed by atoms with van der Waals surface area (Å²) in [6.45, 7) is 1.75. The fourth-order valence-electron chi connectivity index (χ4n) is 1.88. The van der Waals surface area contributed by atoms with Crippen LogP contribution in [0.25, 0.3) is 0 Å². The number of carbonyl (C=O) groups excluding carboxylic acids is 2. The van der Waals surface area contributed by atoms with Crippen molar-refractivity contribution in [3.63, 3.8) is 0 Å². The van der Waals surface area contributed by atoms with Crippen LogP contribution in [0.1, 0.15) is 18.4 Å². The highest BCUT2D eigenvalue weighted by Crippen LogP contribution is 2.03. The van der Waals surface area contributed by atoms with Crippen molar-refractivity contribution in [1.82, 2.24) is 10.4 Å². The highest BCUT2D eigenvalue weighted by atomic mass is 16.5. The molecular formula is C14H18N2O3. The van der Waals surface area contributed by atoms with Gasteiger partial charge in [-0.1, -0.05) is 30.3 Å². The third-order valence-corrected chi connectivity index (χ3v) is 3.01. The van der Waals surface area contributed by atoms with Crippen molar-refractivity contribution in [1.29, 1.82) is 0 Å². The Labute approximate surface area is 112 Å². The van der Waals surface area contributed by atoms with Gasteiger partial charge in [0.25, 0.3) is 0 Å². The summed E-state index contributed by atoms with van der Waals surface area (Å²) in [6.07, 6.45) is 1.10. The van der Waals surface area contributed by atoms with Crippen LogP contribution in [0, 0.1) is 0 Å². The second-order valence-corrected chi connectivity index (χ2v) is 4.51. The molecule has 0 spiro atoms. The van der Waals surface area contributed by atoms with Gasteiger partial charge in [0.2, 0.25) is 0 Å². The lowest BCUT2D eigenvalue weighted by molar-refractivity contribution is -0.145. The van der Waals surface area contributed by atoms with E-state index >= 15 is 0 Å². The minimum Gasteiger partial charge on any atom is -0.460 e. The largest absolute Gasteiger partial charge is 0.460 e. The molecule has 0 aromatic heterocycles. The molecule has 102 valence electrons. The lowest BCUT2D eigenvalue weighted by Crippen LogP contribution is -2.46. The fourth-order valence-corrected chi connectivity index (χ4v) is 1.88. The molecule has 1 N–H and O–H groups in total. The van der Waals surface area contributed by atoms with Gasteiger partial charge in [0.1, 0.15) is 18.9 Å². The van der Waals surface area contributed by atoms with E-state index in [1.807, 2.05) is 35.3 Å². The van der Waals surface area contributed by atoms with E-state index in [0.29, 0.717) is 32.5 Å². The average Bonchev–Trinajstić information content (AvgIpc) is 2.45. The standard InChI is InChI=1S/C14H18N2O3/c17-13-6-8-16(9-7-13)15-10-14(18)19-11-12-4-2-1-3-5-12/h1-5,15H,6-11H2. The molecule has 1 heterocycles. The summed E-state index contributed by atoms with van der Waals surface area (Å²) >= 11 is 0. The van der Waals surface area contributed by atoms with Crippen LogP contribution in [0.2, 0.25) is 0 Å². The Bertz CT molecular complexity index is 424. The molecule has 1 saturated heterocycles. The number of hydrazine groups is 1. The van der Waals surface area contributed by atoms with Crippen LogP contribution in [0.15, 0.2) is 30.3 Å². The van der Waals surface area contributed by atoms with E-state index in [0.717, 1.165) is 5.56 Å². The van der Waals surface area contributed by atoms with E-state index in [-0.39, 0.29) is 18.3 Å². The quantitative estimate of drug-likeness (QED) is 0.799. The van der Waals surface area contributed by atoms with Gasteiger partial charge in [-0.25, -0.2) is 10.4 Å². The summed E-state index contributed by atoms with van der Waals surface area (Å²) in [5.74, 6) is -0.00884. The number of nitrogens with zero attached hydrogens (tertiary/aromatic N) is 1. The molecule has 1 aliphatic heterocycles. The number of hydrogen-bond donors (Lipinski definition) is 1. The van der Waals surface area contributed by atoms with Gasteiger partial charge >= 0.3 is 5.97 Å². The topological polar surface area (TPSA) is 58.6 Å². The van der Waals surface area contributed by atoms with Gasteiger partial charge in [-0.3, -0.25) is 9.59 Å². The van der Waals surface area contributed by atoms with Crippen LogP contribution in [0.4, 0.5) is 0 Å². The Morgan fingerprint density at radius 3 is 2.58 bits per heavy atom. The molecular weight excluding hydrogens is 244 g/mol. The Kier molecular flexibility index (Phi) is 5.06. The Balaban J connectivity index is 1.63. The number of ketones is 1. The summed E-state index contributed by atoms with van der Waals surface area (Å²) in [6, 6.07) is 9.57. The molecule has 19 heavy (non-hydrogen) atoms. The SMILES string of the molecule is O=C1CCN(NCC(=O)OCc2ccccc2)CC1. The Morgan fingerprint density at radius 1 is 1.21 bits per heavy atom. The molecule has 5 nitrogen and oxygen atoms in total. The third kappa shape index (κ3) is 4.81. The second-order valence-electron chi connectivity index (χ2n) is 4.51. The van der Waals surface area contributed by atoms with Gasteiger partial charge in [-0.05, 0) is 5.56 Å². The first kappa shape index (κ1) is 13.7. The third-order valence-electron chi connectivity index (χ3n) is 3.01. The molecule has 1 aliphatic rings. The second kappa shape index (κ2) is 7.01. The Hall–Kier alpha value is -1.72. The highest BCUT2D eigenvalue weighted by Gasteiger charge is 2.16. The maximum Gasteiger partial charge on any atom is 0.321 e. The first-order valence-corrected chi connectivity index (χ1v) is 6.44. The number of esters is 1. The summed E-state index contributed by atoms with van der Waals surface area (Å²) in [5.41, 5.74) is 3.96. The summed E-state index contributed by atoms with van der Waals surface area (Å²) in [4.78, 5) is 22.6. The molecule has 0 amide bonds. The lowest BCUT2D eigenvalue weighted by Gasteiger charge is -2.25. The minimum absolute atomic E-state index is 0.140. The van der Waals surface area contributed by atoms with E-state index in [2.05, 4.69) is 5.43 Å².